The van der Waals surface area contributed by atoms with Gasteiger partial charge in [-0.1, -0.05) is 11.8 Å². The van der Waals surface area contributed by atoms with Crippen LogP contribution in [0, 0.1) is 5.92 Å². The minimum atomic E-state index is -4.78. The van der Waals surface area contributed by atoms with Gasteiger partial charge in [-0.05, 0) is 54.5 Å². The number of aromatic nitrogens is 4. The van der Waals surface area contributed by atoms with Gasteiger partial charge in [0.05, 0.1) is 24.0 Å². The van der Waals surface area contributed by atoms with Crippen LogP contribution in [0.4, 0.5) is 13.2 Å². The molecule has 13 heteroatoms. The highest BCUT2D eigenvalue weighted by atomic mass is 32.2. The largest absolute Gasteiger partial charge is 0.573 e. The van der Waals surface area contributed by atoms with E-state index >= 15 is 0 Å². The quantitative estimate of drug-likeness (QED) is 0.460. The van der Waals surface area contributed by atoms with Crippen molar-refractivity contribution in [3.05, 3.63) is 24.3 Å². The Morgan fingerprint density at radius 2 is 1.87 bits per heavy atom. The molecular weight excluding hydrogens is 439 g/mol. The van der Waals surface area contributed by atoms with Gasteiger partial charge in [0.15, 0.2) is 0 Å². The van der Waals surface area contributed by atoms with E-state index in [0.717, 1.165) is 23.9 Å². The van der Waals surface area contributed by atoms with Gasteiger partial charge in [-0.3, -0.25) is 9.59 Å². The molecule has 2 heterocycles. The highest BCUT2D eigenvalue weighted by Crippen LogP contribution is 2.25. The Kier molecular flexibility index (Phi) is 7.36. The fourth-order valence-corrected chi connectivity index (χ4v) is 3.86. The first-order valence-electron chi connectivity index (χ1n) is 9.48. The fraction of sp³-hybridized carbons (Fsp3) is 0.500. The highest BCUT2D eigenvalue weighted by Gasteiger charge is 2.31. The molecule has 31 heavy (non-hydrogen) atoms. The number of halogens is 3. The Labute approximate surface area is 179 Å². The van der Waals surface area contributed by atoms with Crippen LogP contribution < -0.4 is 4.74 Å². The summed E-state index contributed by atoms with van der Waals surface area (Å²) in [6.07, 6.45) is -3.67. The Hall–Kier alpha value is -2.83. The molecule has 1 aliphatic rings. The lowest BCUT2D eigenvalue weighted by Gasteiger charge is -2.30. The van der Waals surface area contributed by atoms with E-state index in [2.05, 4.69) is 20.3 Å². The van der Waals surface area contributed by atoms with Gasteiger partial charge in [0.1, 0.15) is 5.75 Å². The van der Waals surface area contributed by atoms with Crippen LogP contribution in [0.5, 0.6) is 5.75 Å². The van der Waals surface area contributed by atoms with Crippen LogP contribution in [-0.4, -0.2) is 68.8 Å². The second-order valence-electron chi connectivity index (χ2n) is 6.61. The average Bonchev–Trinajstić information content (AvgIpc) is 3.20. The first kappa shape index (κ1) is 22.8. The first-order valence-corrected chi connectivity index (χ1v) is 10.5. The molecule has 0 bridgehead atoms. The van der Waals surface area contributed by atoms with Gasteiger partial charge in [-0.15, -0.1) is 18.3 Å². The topological polar surface area (TPSA) is 99.4 Å². The molecule has 3 rings (SSSR count). The number of carbonyl (C=O) groups is 2. The van der Waals surface area contributed by atoms with Crippen LogP contribution in [-0.2, 0) is 14.3 Å². The van der Waals surface area contributed by atoms with E-state index in [1.165, 1.54) is 16.8 Å². The van der Waals surface area contributed by atoms with Crippen LogP contribution in [0.2, 0.25) is 0 Å². The zero-order valence-corrected chi connectivity index (χ0v) is 17.4. The van der Waals surface area contributed by atoms with Gasteiger partial charge in [0.25, 0.3) is 0 Å². The number of hydrogen-bond acceptors (Lipinski definition) is 8. The Balaban J connectivity index is 1.54. The van der Waals surface area contributed by atoms with E-state index in [1.807, 2.05) is 0 Å². The van der Waals surface area contributed by atoms with Crippen LogP contribution in [0.1, 0.15) is 19.8 Å². The van der Waals surface area contributed by atoms with Crippen molar-refractivity contribution in [2.45, 2.75) is 31.3 Å². The molecular formula is C18H20F3N5O4S. The van der Waals surface area contributed by atoms with Crippen molar-refractivity contribution < 1.29 is 32.2 Å². The van der Waals surface area contributed by atoms with Crippen molar-refractivity contribution in [2.75, 3.05) is 25.4 Å². The second kappa shape index (κ2) is 9.98. The van der Waals surface area contributed by atoms with E-state index in [9.17, 15) is 22.8 Å². The summed E-state index contributed by atoms with van der Waals surface area (Å²) in [6, 6.07) is 5.06. The summed E-state index contributed by atoms with van der Waals surface area (Å²) in [6.45, 7) is 3.02. The summed E-state index contributed by atoms with van der Waals surface area (Å²) in [5.41, 5.74) is 0.421. The monoisotopic (exact) mass is 459 g/mol. The molecule has 1 aliphatic heterocycles. The van der Waals surface area contributed by atoms with Crippen LogP contribution in [0.15, 0.2) is 29.4 Å². The lowest BCUT2D eigenvalue weighted by Crippen LogP contribution is -2.41. The van der Waals surface area contributed by atoms with Crippen molar-refractivity contribution in [2.24, 2.45) is 5.92 Å². The zero-order chi connectivity index (χ0) is 22.4. The molecule has 0 unspecified atom stereocenters. The third-order valence-corrected chi connectivity index (χ3v) is 5.45. The molecule has 1 saturated heterocycles. The van der Waals surface area contributed by atoms with Gasteiger partial charge < -0.3 is 14.4 Å². The lowest BCUT2D eigenvalue weighted by molar-refractivity contribution is -0.274. The van der Waals surface area contributed by atoms with E-state index in [4.69, 9.17) is 4.74 Å². The van der Waals surface area contributed by atoms with Gasteiger partial charge in [0, 0.05) is 13.1 Å². The predicted molar refractivity (Wildman–Crippen MR) is 102 cm³/mol. The Morgan fingerprint density at radius 3 is 2.48 bits per heavy atom. The van der Waals surface area contributed by atoms with E-state index in [0.29, 0.717) is 43.4 Å². The summed E-state index contributed by atoms with van der Waals surface area (Å²) in [4.78, 5) is 26.0. The molecule has 0 radical (unpaired) electrons. The molecule has 0 atom stereocenters. The number of esters is 1. The van der Waals surface area contributed by atoms with Crippen LogP contribution in [0.3, 0.4) is 0 Å². The number of likely N-dealkylation sites (tertiary alicyclic amines) is 1. The number of thioether (sulfide) groups is 1. The van der Waals surface area contributed by atoms with Crippen LogP contribution in [0.25, 0.3) is 5.69 Å². The average molecular weight is 459 g/mol. The Morgan fingerprint density at radius 1 is 1.19 bits per heavy atom. The maximum Gasteiger partial charge on any atom is 0.573 e. The van der Waals surface area contributed by atoms with Gasteiger partial charge in [-0.2, -0.15) is 4.68 Å². The highest BCUT2D eigenvalue weighted by molar-refractivity contribution is 7.99. The molecule has 1 aromatic carbocycles. The van der Waals surface area contributed by atoms with Gasteiger partial charge >= 0.3 is 12.3 Å². The molecule has 1 fully saturated rings. The number of benzene rings is 1. The number of piperidine rings is 1. The molecule has 0 aliphatic carbocycles. The lowest BCUT2D eigenvalue weighted by atomic mass is 9.97. The maximum atomic E-state index is 12.5. The summed E-state index contributed by atoms with van der Waals surface area (Å²) in [7, 11) is 0. The second-order valence-corrected chi connectivity index (χ2v) is 7.55. The Bertz CT molecular complexity index is 898. The minimum absolute atomic E-state index is 0.0831. The molecule has 2 aromatic rings. The molecule has 168 valence electrons. The zero-order valence-electron chi connectivity index (χ0n) is 16.5. The molecule has 9 nitrogen and oxygen atoms in total. The van der Waals surface area contributed by atoms with Gasteiger partial charge in [0.2, 0.25) is 11.1 Å². The third kappa shape index (κ3) is 6.32. The molecule has 0 N–H and O–H groups in total. The van der Waals surface area contributed by atoms with E-state index < -0.39 is 6.36 Å². The summed E-state index contributed by atoms with van der Waals surface area (Å²) in [5.74, 6) is -0.807. The number of carbonyl (C=O) groups excluding carboxylic acids is 2. The van der Waals surface area contributed by atoms with Crippen molar-refractivity contribution >= 4 is 23.6 Å². The van der Waals surface area contributed by atoms with Crippen molar-refractivity contribution in [1.82, 2.24) is 25.1 Å². The standard InChI is InChI=1S/C18H20F3N5O4S/c1-2-29-16(28)12-7-9-25(10-8-12)15(27)11-31-17-22-23-24-26(17)13-3-5-14(6-4-13)30-18(19,20)21/h3-6,12H,2,7-11H2,1H3. The van der Waals surface area contributed by atoms with Gasteiger partial charge in [-0.25, -0.2) is 0 Å². The predicted octanol–water partition coefficient (Wildman–Crippen LogP) is 2.45. The molecule has 0 saturated carbocycles. The summed E-state index contributed by atoms with van der Waals surface area (Å²) >= 11 is 1.11. The number of tetrazole rings is 1. The van der Waals surface area contributed by atoms with Crippen molar-refractivity contribution in [1.29, 1.82) is 0 Å². The minimum Gasteiger partial charge on any atom is -0.466 e. The number of amides is 1. The summed E-state index contributed by atoms with van der Waals surface area (Å²) < 4.78 is 47.0. The number of hydrogen-bond donors (Lipinski definition) is 0. The number of rotatable bonds is 7. The fourth-order valence-electron chi connectivity index (χ4n) is 3.06. The third-order valence-electron chi connectivity index (χ3n) is 4.55. The summed E-state index contributed by atoms with van der Waals surface area (Å²) in [5, 5.41) is 11.6. The van der Waals surface area contributed by atoms with Crippen molar-refractivity contribution in [3.63, 3.8) is 0 Å². The van der Waals surface area contributed by atoms with Crippen LogP contribution >= 0.6 is 11.8 Å². The molecule has 1 amide bonds. The van der Waals surface area contributed by atoms with Crippen molar-refractivity contribution in [3.8, 4) is 11.4 Å². The SMILES string of the molecule is CCOC(=O)C1CCN(C(=O)CSc2nnnn2-c2ccc(OC(F)(F)F)cc2)CC1. The first-order chi connectivity index (χ1) is 14.8. The normalized spacial score (nSPS) is 15.0. The van der Waals surface area contributed by atoms with E-state index in [-0.39, 0.29) is 29.3 Å². The molecule has 1 aromatic heterocycles. The molecule has 0 spiro atoms. The number of nitrogens with zero attached hydrogens (tertiary/aromatic N) is 5. The maximum absolute atomic E-state index is 12.5. The number of alkyl halides is 3. The number of ether oxygens (including phenoxy) is 2. The van der Waals surface area contributed by atoms with E-state index in [1.54, 1.807) is 11.8 Å². The smallest absolute Gasteiger partial charge is 0.466 e.